The predicted molar refractivity (Wildman–Crippen MR) is 93.0 cm³/mol. The molecule has 3 N–H and O–H groups in total. The van der Waals surface area contributed by atoms with Crippen LogP contribution in [-0.4, -0.2) is 38.1 Å². The molecule has 0 atom stereocenters. The van der Waals surface area contributed by atoms with Crippen LogP contribution in [0.15, 0.2) is 34.4 Å². The monoisotopic (exact) mass is 360 g/mol. The highest BCUT2D eigenvalue weighted by Gasteiger charge is 2.10. The van der Waals surface area contributed by atoms with Crippen molar-refractivity contribution >= 4 is 34.2 Å². The number of carboxylic acids is 1. The van der Waals surface area contributed by atoms with Crippen LogP contribution < -0.4 is 11.0 Å². The van der Waals surface area contributed by atoms with Gasteiger partial charge >= 0.3 is 11.7 Å². The van der Waals surface area contributed by atoms with E-state index in [9.17, 15) is 14.4 Å². The Bertz CT molecular complexity index is 972. The van der Waals surface area contributed by atoms with Crippen LogP contribution in [0.2, 0.25) is 0 Å². The van der Waals surface area contributed by atoms with Crippen molar-refractivity contribution in [1.82, 2.24) is 19.9 Å². The number of carbonyl (C=O) groups excluding carboxylic acids is 1. The number of carbonyl (C=O) groups is 2. The van der Waals surface area contributed by atoms with E-state index < -0.39 is 5.97 Å². The minimum Gasteiger partial charge on any atom is -0.476 e. The number of H-pyrrole nitrogens is 1. The predicted octanol–water partition coefficient (Wildman–Crippen LogP) is 1.23. The number of aromatic carboxylic acids is 1. The lowest BCUT2D eigenvalue weighted by Gasteiger charge is -2.05. The topological polar surface area (TPSA) is 117 Å². The van der Waals surface area contributed by atoms with Gasteiger partial charge in [-0.1, -0.05) is 12.1 Å². The maximum Gasteiger partial charge on any atom is 0.355 e. The van der Waals surface area contributed by atoms with Crippen LogP contribution in [0.4, 0.5) is 0 Å². The van der Waals surface area contributed by atoms with Crippen LogP contribution in [0.1, 0.15) is 21.9 Å². The minimum absolute atomic E-state index is 0.0186. The van der Waals surface area contributed by atoms with Crippen LogP contribution >= 0.6 is 11.3 Å². The van der Waals surface area contributed by atoms with Crippen molar-refractivity contribution in [2.24, 2.45) is 0 Å². The summed E-state index contributed by atoms with van der Waals surface area (Å²) in [5.74, 6) is -1.23. The molecule has 0 fully saturated rings. The van der Waals surface area contributed by atoms with Crippen LogP contribution in [0.5, 0.6) is 0 Å². The van der Waals surface area contributed by atoms with Crippen molar-refractivity contribution in [2.75, 3.05) is 6.54 Å². The maximum absolute atomic E-state index is 11.9. The molecule has 9 heteroatoms. The Labute approximate surface area is 146 Å². The molecule has 25 heavy (non-hydrogen) atoms. The highest BCUT2D eigenvalue weighted by Crippen LogP contribution is 2.10. The fourth-order valence-corrected chi connectivity index (χ4v) is 3.24. The minimum atomic E-state index is -1.06. The molecule has 0 aliphatic carbocycles. The second-order valence-electron chi connectivity index (χ2n) is 5.38. The third-order valence-corrected chi connectivity index (χ3v) is 4.58. The Balaban J connectivity index is 1.50. The Morgan fingerprint density at radius 2 is 2.12 bits per heavy atom. The third kappa shape index (κ3) is 3.94. The molecular formula is C16H16N4O4S. The molecule has 2 heterocycles. The molecule has 0 bridgehead atoms. The van der Waals surface area contributed by atoms with Crippen molar-refractivity contribution in [3.8, 4) is 0 Å². The van der Waals surface area contributed by atoms with Crippen LogP contribution in [0.3, 0.4) is 0 Å². The van der Waals surface area contributed by atoms with Gasteiger partial charge < -0.3 is 15.4 Å². The number of nitrogens with one attached hydrogen (secondary N) is 2. The Morgan fingerprint density at radius 3 is 2.88 bits per heavy atom. The number of amides is 1. The molecule has 1 aromatic carbocycles. The summed E-state index contributed by atoms with van der Waals surface area (Å²) in [5, 5.41) is 13.7. The van der Waals surface area contributed by atoms with Gasteiger partial charge in [-0.15, -0.1) is 11.3 Å². The Kier molecular flexibility index (Phi) is 4.94. The van der Waals surface area contributed by atoms with Crippen LogP contribution in [0, 0.1) is 0 Å². The molecule has 3 rings (SSSR count). The quantitative estimate of drug-likeness (QED) is 0.586. The molecule has 0 aliphatic heterocycles. The summed E-state index contributed by atoms with van der Waals surface area (Å²) in [6.45, 7) is 0.656. The lowest BCUT2D eigenvalue weighted by molar-refractivity contribution is -0.121. The zero-order chi connectivity index (χ0) is 17.8. The number of thiazole rings is 1. The summed E-state index contributed by atoms with van der Waals surface area (Å²) in [6.07, 6.45) is 0.650. The van der Waals surface area contributed by atoms with E-state index in [0.29, 0.717) is 18.0 Å². The lowest BCUT2D eigenvalue weighted by atomic mass is 10.3. The van der Waals surface area contributed by atoms with E-state index in [0.717, 1.165) is 11.0 Å². The van der Waals surface area contributed by atoms with Crippen molar-refractivity contribution in [3.05, 3.63) is 50.8 Å². The number of aryl methyl sites for hydroxylation is 1. The number of rotatable bonds is 7. The SMILES string of the molecule is O=C(CCn1c(=O)[nH]c2ccccc21)NCCc1nc(C(=O)O)cs1. The lowest BCUT2D eigenvalue weighted by Crippen LogP contribution is -2.28. The van der Waals surface area contributed by atoms with Gasteiger partial charge in [0.25, 0.3) is 0 Å². The average molecular weight is 360 g/mol. The average Bonchev–Trinajstić information content (AvgIpc) is 3.17. The molecule has 0 radical (unpaired) electrons. The third-order valence-electron chi connectivity index (χ3n) is 3.68. The molecule has 0 aliphatic rings. The van der Waals surface area contributed by atoms with E-state index >= 15 is 0 Å². The van der Waals surface area contributed by atoms with E-state index in [4.69, 9.17) is 5.11 Å². The van der Waals surface area contributed by atoms with Gasteiger partial charge in [-0.2, -0.15) is 0 Å². The largest absolute Gasteiger partial charge is 0.476 e. The fraction of sp³-hybridized carbons (Fsp3) is 0.250. The number of hydrogen-bond donors (Lipinski definition) is 3. The first kappa shape index (κ1) is 16.9. The number of carboxylic acid groups (broad SMARTS) is 1. The summed E-state index contributed by atoms with van der Waals surface area (Å²) in [6, 6.07) is 7.32. The Hall–Kier alpha value is -2.94. The molecule has 8 nitrogen and oxygen atoms in total. The molecule has 3 aromatic rings. The van der Waals surface area contributed by atoms with Crippen molar-refractivity contribution in [2.45, 2.75) is 19.4 Å². The standard InChI is InChI=1S/C16H16N4O4S/c21-13(17-7-5-14-18-11(9-25-14)15(22)23)6-8-20-12-4-2-1-3-10(12)19-16(20)24/h1-4,9H,5-8H2,(H,17,21)(H,19,24)(H,22,23). The second kappa shape index (κ2) is 7.31. The first-order chi connectivity index (χ1) is 12.0. The summed E-state index contributed by atoms with van der Waals surface area (Å²) in [7, 11) is 0. The number of hydrogen-bond acceptors (Lipinski definition) is 5. The van der Waals surface area contributed by atoms with E-state index in [1.807, 2.05) is 24.3 Å². The number of aromatic nitrogens is 3. The van der Waals surface area contributed by atoms with Gasteiger partial charge in [0, 0.05) is 31.3 Å². The first-order valence-corrected chi connectivity index (χ1v) is 8.54. The summed E-state index contributed by atoms with van der Waals surface area (Å²) in [4.78, 5) is 41.3. The number of imidazole rings is 1. The van der Waals surface area contributed by atoms with E-state index in [1.54, 1.807) is 0 Å². The van der Waals surface area contributed by atoms with Gasteiger partial charge in [-0.3, -0.25) is 9.36 Å². The summed E-state index contributed by atoms with van der Waals surface area (Å²) >= 11 is 1.25. The highest BCUT2D eigenvalue weighted by atomic mass is 32.1. The van der Waals surface area contributed by atoms with E-state index in [-0.39, 0.29) is 30.3 Å². The molecule has 0 unspecified atom stereocenters. The summed E-state index contributed by atoms with van der Waals surface area (Å²) < 4.78 is 1.54. The van der Waals surface area contributed by atoms with Crippen molar-refractivity contribution in [3.63, 3.8) is 0 Å². The van der Waals surface area contributed by atoms with Crippen molar-refractivity contribution < 1.29 is 14.7 Å². The number of para-hydroxylation sites is 2. The molecule has 1 amide bonds. The van der Waals surface area contributed by atoms with Gasteiger partial charge in [0.1, 0.15) is 0 Å². The van der Waals surface area contributed by atoms with E-state index in [2.05, 4.69) is 15.3 Å². The zero-order valence-electron chi connectivity index (χ0n) is 13.2. The molecule has 0 saturated carbocycles. The molecular weight excluding hydrogens is 344 g/mol. The molecule has 0 spiro atoms. The van der Waals surface area contributed by atoms with Gasteiger partial charge in [-0.05, 0) is 12.1 Å². The van der Waals surface area contributed by atoms with E-state index in [1.165, 1.54) is 21.3 Å². The first-order valence-electron chi connectivity index (χ1n) is 7.66. The smallest absolute Gasteiger partial charge is 0.355 e. The maximum atomic E-state index is 11.9. The molecule has 130 valence electrons. The number of fused-ring (bicyclic) bond motifs is 1. The van der Waals surface area contributed by atoms with Gasteiger partial charge in [0.05, 0.1) is 16.0 Å². The Morgan fingerprint density at radius 1 is 1.32 bits per heavy atom. The van der Waals surface area contributed by atoms with Gasteiger partial charge in [0.2, 0.25) is 5.91 Å². The number of aromatic amines is 1. The second-order valence-corrected chi connectivity index (χ2v) is 6.32. The van der Waals surface area contributed by atoms with Crippen LogP contribution in [-0.2, 0) is 17.8 Å². The van der Waals surface area contributed by atoms with Gasteiger partial charge in [-0.25, -0.2) is 14.6 Å². The number of nitrogens with zero attached hydrogens (tertiary/aromatic N) is 2. The zero-order valence-corrected chi connectivity index (χ0v) is 14.0. The fourth-order valence-electron chi connectivity index (χ4n) is 2.46. The normalized spacial score (nSPS) is 10.9. The van der Waals surface area contributed by atoms with Crippen LogP contribution in [0.25, 0.3) is 11.0 Å². The number of benzene rings is 1. The van der Waals surface area contributed by atoms with Gasteiger partial charge in [0.15, 0.2) is 5.69 Å². The molecule has 0 saturated heterocycles. The summed E-state index contributed by atoms with van der Waals surface area (Å²) in [5.41, 5.74) is 1.29. The van der Waals surface area contributed by atoms with Crippen molar-refractivity contribution in [1.29, 1.82) is 0 Å². The molecule has 2 aromatic heterocycles. The highest BCUT2D eigenvalue weighted by molar-refractivity contribution is 7.09.